The van der Waals surface area contributed by atoms with Crippen LogP contribution in [-0.4, -0.2) is 29.7 Å². The van der Waals surface area contributed by atoms with Crippen LogP contribution < -0.4 is 14.9 Å². The molecule has 6 heteroatoms. The van der Waals surface area contributed by atoms with Crippen LogP contribution in [0.4, 0.5) is 11.4 Å². The molecular weight excluding hydrogens is 294 g/mol. The molecule has 0 amide bonds. The molecule has 0 saturated heterocycles. The second-order valence-corrected chi connectivity index (χ2v) is 4.58. The Bertz CT molecular complexity index is 659. The monoisotopic (exact) mass is 316 g/mol. The lowest BCUT2D eigenvalue weighted by Crippen LogP contribution is -2.09. The zero-order valence-electron chi connectivity index (χ0n) is 13.4. The number of aliphatic hydroxyl groups excluding tert-OH is 1. The quantitative estimate of drug-likeness (QED) is 0.338. The predicted octanol–water partition coefficient (Wildman–Crippen LogP) is 3.56. The Kier molecular flexibility index (Phi) is 6.38. The molecule has 0 heterocycles. The van der Waals surface area contributed by atoms with E-state index in [1.54, 1.807) is 0 Å². The number of anilines is 1. The van der Waals surface area contributed by atoms with Gasteiger partial charge in [0.1, 0.15) is 0 Å². The molecule has 0 aromatic heterocycles. The van der Waals surface area contributed by atoms with E-state index in [4.69, 9.17) is 9.47 Å². The number of aliphatic hydroxyl groups is 1. The summed E-state index contributed by atoms with van der Waals surface area (Å²) in [6, 6.07) is 14.9. The fraction of sp³-hybridized carbons (Fsp3) is 0.294. The van der Waals surface area contributed by atoms with Gasteiger partial charge >= 0.3 is 0 Å². The van der Waals surface area contributed by atoms with Crippen LogP contribution in [0.5, 0.6) is 11.5 Å². The van der Waals surface area contributed by atoms with Gasteiger partial charge in [0, 0.05) is 0 Å². The van der Waals surface area contributed by atoms with Crippen LogP contribution >= 0.6 is 0 Å². The Morgan fingerprint density at radius 3 is 2.26 bits per heavy atom. The summed E-state index contributed by atoms with van der Waals surface area (Å²) >= 11 is 0. The lowest BCUT2D eigenvalue weighted by Gasteiger charge is -2.09. The van der Waals surface area contributed by atoms with Gasteiger partial charge in [0.15, 0.2) is 22.9 Å². The van der Waals surface area contributed by atoms with Crippen LogP contribution in [0.25, 0.3) is 0 Å². The number of para-hydroxylation sites is 4. The molecule has 2 N–H and O–H groups in total. The van der Waals surface area contributed by atoms with Crippen molar-refractivity contribution in [1.82, 2.24) is 0 Å². The lowest BCUT2D eigenvalue weighted by atomic mass is 10.3. The first kappa shape index (κ1) is 16.8. The maximum Gasteiger partial charge on any atom is 0.211 e. The van der Waals surface area contributed by atoms with Crippen molar-refractivity contribution < 1.29 is 19.3 Å². The van der Waals surface area contributed by atoms with E-state index in [1.165, 1.54) is 4.70 Å². The summed E-state index contributed by atoms with van der Waals surface area (Å²) in [6.45, 7) is 4.65. The molecule has 0 unspecified atom stereocenters. The van der Waals surface area contributed by atoms with Gasteiger partial charge in [-0.3, -0.25) is 0 Å². The minimum atomic E-state index is -0.284. The molecule has 2 rings (SSSR count). The van der Waals surface area contributed by atoms with E-state index in [0.29, 0.717) is 30.4 Å². The third-order valence-electron chi connectivity index (χ3n) is 3.06. The molecule has 2 aromatic carbocycles. The maximum atomic E-state index is 9.63. The smallest absolute Gasteiger partial charge is 0.211 e. The molecule has 0 saturated carbocycles. The number of ether oxygens (including phenoxy) is 2. The van der Waals surface area contributed by atoms with Crippen molar-refractivity contribution in [3.8, 4) is 11.5 Å². The highest BCUT2D eigenvalue weighted by Gasteiger charge is 2.14. The highest BCUT2D eigenvalue weighted by molar-refractivity contribution is 5.55. The lowest BCUT2D eigenvalue weighted by molar-refractivity contribution is -0.549. The first-order chi connectivity index (χ1) is 11.3. The molecule has 0 aliphatic heterocycles. The molecule has 0 bridgehead atoms. The van der Waals surface area contributed by atoms with Crippen molar-refractivity contribution in [2.45, 2.75) is 13.8 Å². The van der Waals surface area contributed by atoms with Crippen LogP contribution in [0.1, 0.15) is 13.8 Å². The van der Waals surface area contributed by atoms with E-state index in [2.05, 4.69) is 10.6 Å². The van der Waals surface area contributed by atoms with Crippen molar-refractivity contribution >= 4 is 11.4 Å². The summed E-state index contributed by atoms with van der Waals surface area (Å²) in [5, 5.41) is 13.9. The summed E-state index contributed by atoms with van der Waals surface area (Å²) in [5.41, 5.74) is 4.33. The number of hydrogen-bond acceptors (Lipinski definition) is 4. The average molecular weight is 316 g/mol. The van der Waals surface area contributed by atoms with Crippen molar-refractivity contribution in [1.29, 1.82) is 0 Å². The van der Waals surface area contributed by atoms with Gasteiger partial charge in [-0.25, -0.2) is 0 Å². The molecule has 0 radical (unpaired) electrons. The van der Waals surface area contributed by atoms with Gasteiger partial charge in [0.25, 0.3) is 0 Å². The van der Waals surface area contributed by atoms with Crippen molar-refractivity contribution in [2.24, 2.45) is 5.22 Å². The molecular formula is C17H22N3O3+. The van der Waals surface area contributed by atoms with E-state index in [9.17, 15) is 5.11 Å². The van der Waals surface area contributed by atoms with E-state index >= 15 is 0 Å². The van der Waals surface area contributed by atoms with Crippen LogP contribution in [0.2, 0.25) is 0 Å². The average Bonchev–Trinajstić information content (AvgIpc) is 2.58. The van der Waals surface area contributed by atoms with Crippen molar-refractivity contribution in [2.75, 3.05) is 25.4 Å². The third-order valence-corrected chi connectivity index (χ3v) is 3.06. The van der Waals surface area contributed by atoms with Crippen LogP contribution in [-0.2, 0) is 0 Å². The molecule has 0 fully saturated rings. The number of nitrogens with zero attached hydrogens (tertiary/aromatic N) is 2. The fourth-order valence-corrected chi connectivity index (χ4v) is 2.06. The standard InChI is InChI=1S/C17H21N3O3/c1-3-22-16-11-7-5-9-14(16)18-19-20(13-21)15-10-6-8-12-17(15)23-4-2/h5-12,21H,3-4,13H2,1-2H3/p+1. The highest BCUT2D eigenvalue weighted by Crippen LogP contribution is 2.28. The SMILES string of the molecule is CCOc1ccccc1NN=[N+](CO)c1ccccc1OCC. The first-order valence-electron chi connectivity index (χ1n) is 7.58. The number of nitrogens with one attached hydrogen (secondary N) is 1. The van der Waals surface area contributed by atoms with Crippen LogP contribution in [0.3, 0.4) is 0 Å². The van der Waals surface area contributed by atoms with Gasteiger partial charge in [-0.2, -0.15) is 0 Å². The summed E-state index contributed by atoms with van der Waals surface area (Å²) in [7, 11) is 0. The summed E-state index contributed by atoms with van der Waals surface area (Å²) in [5.74, 6) is 1.36. The Morgan fingerprint density at radius 2 is 1.57 bits per heavy atom. The minimum absolute atomic E-state index is 0.284. The second kappa shape index (κ2) is 8.75. The molecule has 6 nitrogen and oxygen atoms in total. The van der Waals surface area contributed by atoms with Crippen molar-refractivity contribution in [3.63, 3.8) is 0 Å². The molecule has 2 aromatic rings. The minimum Gasteiger partial charge on any atom is -0.489 e. The molecule has 0 spiro atoms. The van der Waals surface area contributed by atoms with Gasteiger partial charge in [-0.05, 0) is 38.1 Å². The first-order valence-corrected chi connectivity index (χ1v) is 7.58. The second-order valence-electron chi connectivity index (χ2n) is 4.58. The zero-order chi connectivity index (χ0) is 16.5. The van der Waals surface area contributed by atoms with E-state index < -0.39 is 0 Å². The van der Waals surface area contributed by atoms with Gasteiger partial charge in [0.05, 0.1) is 18.4 Å². The van der Waals surface area contributed by atoms with E-state index in [1.807, 2.05) is 62.4 Å². The third kappa shape index (κ3) is 4.43. The Hall–Kier alpha value is -2.60. The number of rotatable bonds is 8. The normalized spacial score (nSPS) is 11.2. The Balaban J connectivity index is 2.26. The Labute approximate surface area is 136 Å². The largest absolute Gasteiger partial charge is 0.489 e. The summed E-state index contributed by atoms with van der Waals surface area (Å²) in [6.07, 6.45) is 0. The summed E-state index contributed by atoms with van der Waals surface area (Å²) in [4.78, 5) is 0. The van der Waals surface area contributed by atoms with Gasteiger partial charge < -0.3 is 14.6 Å². The molecule has 122 valence electrons. The van der Waals surface area contributed by atoms with Gasteiger partial charge in [0.2, 0.25) is 6.73 Å². The fourth-order valence-electron chi connectivity index (χ4n) is 2.06. The van der Waals surface area contributed by atoms with Gasteiger partial charge in [-0.1, -0.05) is 24.3 Å². The molecule has 0 aliphatic rings. The number of hydrogen-bond donors (Lipinski definition) is 2. The van der Waals surface area contributed by atoms with Gasteiger partial charge in [-0.15, -0.1) is 10.1 Å². The van der Waals surface area contributed by atoms with Crippen LogP contribution in [0.15, 0.2) is 53.8 Å². The molecule has 23 heavy (non-hydrogen) atoms. The topological polar surface area (TPSA) is 66.1 Å². The van der Waals surface area contributed by atoms with Crippen molar-refractivity contribution in [3.05, 3.63) is 48.5 Å². The van der Waals surface area contributed by atoms with E-state index in [-0.39, 0.29) is 6.73 Å². The Morgan fingerprint density at radius 1 is 0.957 bits per heavy atom. The zero-order valence-corrected chi connectivity index (χ0v) is 13.4. The maximum absolute atomic E-state index is 9.63. The summed E-state index contributed by atoms with van der Waals surface area (Å²) < 4.78 is 12.5. The van der Waals surface area contributed by atoms with E-state index in [0.717, 1.165) is 5.69 Å². The van der Waals surface area contributed by atoms with Crippen LogP contribution in [0, 0.1) is 0 Å². The molecule has 0 atom stereocenters. The molecule has 0 aliphatic carbocycles. The predicted molar refractivity (Wildman–Crippen MR) is 88.3 cm³/mol. The highest BCUT2D eigenvalue weighted by atomic mass is 16.5. The number of benzene rings is 2.